The monoisotopic (exact) mass is 443 g/mol. The second kappa shape index (κ2) is 10.6. The molecule has 2 saturated heterocycles. The second-order valence-electron chi connectivity index (χ2n) is 7.79. The molecule has 2 aromatic carbocycles. The fourth-order valence-electron chi connectivity index (χ4n) is 3.88. The zero-order valence-electron chi connectivity index (χ0n) is 17.9. The van der Waals surface area contributed by atoms with Crippen LogP contribution in [0.3, 0.4) is 0 Å². The number of rotatable bonds is 4. The van der Waals surface area contributed by atoms with E-state index in [4.69, 9.17) is 11.5 Å². The first kappa shape index (κ1) is 23.1. The third-order valence-corrected chi connectivity index (χ3v) is 5.62. The van der Waals surface area contributed by atoms with Crippen LogP contribution in [-0.2, 0) is 0 Å². The third kappa shape index (κ3) is 5.76. The topological polar surface area (TPSA) is 157 Å². The standard InChI is InChI=1S/C11H15N3O2.C10H14N4O2/c12-10-8-9(4-5-11(10)14(15)16)13-6-2-1-3-7-13;11-9-7-8(1-2-10(9)14(15)16)13-5-3-12-4-6-13/h4-5,8H,1-3,6-7,12H2;1-2,7,12H,3-6,11H2. The van der Waals surface area contributed by atoms with Gasteiger partial charge < -0.3 is 26.6 Å². The zero-order valence-corrected chi connectivity index (χ0v) is 17.9. The first-order valence-electron chi connectivity index (χ1n) is 10.7. The van der Waals surface area contributed by atoms with Crippen LogP contribution in [0.2, 0.25) is 0 Å². The van der Waals surface area contributed by atoms with Crippen molar-refractivity contribution in [1.82, 2.24) is 5.32 Å². The fraction of sp³-hybridized carbons (Fsp3) is 0.429. The van der Waals surface area contributed by atoms with Crippen molar-refractivity contribution < 1.29 is 9.85 Å². The van der Waals surface area contributed by atoms with Crippen molar-refractivity contribution in [2.75, 3.05) is 60.5 Å². The Labute approximate surface area is 186 Å². The van der Waals surface area contributed by atoms with E-state index in [-0.39, 0.29) is 22.7 Å². The Hall–Kier alpha value is -3.60. The van der Waals surface area contributed by atoms with Crippen LogP contribution < -0.4 is 26.6 Å². The van der Waals surface area contributed by atoms with Crippen molar-refractivity contribution >= 4 is 34.1 Å². The number of piperidine rings is 1. The molecule has 2 aromatic rings. The van der Waals surface area contributed by atoms with Gasteiger partial charge in [0.1, 0.15) is 11.4 Å². The number of piperazine rings is 1. The van der Waals surface area contributed by atoms with Crippen LogP contribution in [0.5, 0.6) is 0 Å². The Morgan fingerprint density at radius 3 is 1.56 bits per heavy atom. The minimum atomic E-state index is -0.461. The lowest BCUT2D eigenvalue weighted by Gasteiger charge is -2.29. The van der Waals surface area contributed by atoms with Gasteiger partial charge in [-0.15, -0.1) is 0 Å². The maximum absolute atomic E-state index is 10.6. The van der Waals surface area contributed by atoms with Gasteiger partial charge in [0, 0.05) is 62.8 Å². The van der Waals surface area contributed by atoms with Crippen LogP contribution >= 0.6 is 0 Å². The Balaban J connectivity index is 0.000000181. The van der Waals surface area contributed by atoms with Crippen molar-refractivity contribution in [2.45, 2.75) is 19.3 Å². The molecule has 0 bridgehead atoms. The van der Waals surface area contributed by atoms with Gasteiger partial charge in [-0.05, 0) is 43.5 Å². The average Bonchev–Trinajstić information content (AvgIpc) is 2.80. The number of anilines is 4. The van der Waals surface area contributed by atoms with Crippen molar-refractivity contribution in [1.29, 1.82) is 0 Å². The van der Waals surface area contributed by atoms with E-state index >= 15 is 0 Å². The molecule has 2 heterocycles. The smallest absolute Gasteiger partial charge is 0.292 e. The molecule has 0 aromatic heterocycles. The molecule has 11 heteroatoms. The quantitative estimate of drug-likeness (QED) is 0.367. The van der Waals surface area contributed by atoms with Gasteiger partial charge in [0.15, 0.2) is 0 Å². The molecule has 2 aliphatic rings. The van der Waals surface area contributed by atoms with Gasteiger partial charge >= 0.3 is 0 Å². The van der Waals surface area contributed by atoms with Gasteiger partial charge in [-0.3, -0.25) is 20.2 Å². The van der Waals surface area contributed by atoms with Crippen LogP contribution in [0.1, 0.15) is 19.3 Å². The Kier molecular flexibility index (Phi) is 7.66. The van der Waals surface area contributed by atoms with Crippen molar-refractivity contribution in [3.63, 3.8) is 0 Å². The summed E-state index contributed by atoms with van der Waals surface area (Å²) in [4.78, 5) is 24.7. The van der Waals surface area contributed by atoms with Crippen LogP contribution in [0.25, 0.3) is 0 Å². The maximum Gasteiger partial charge on any atom is 0.292 e. The average molecular weight is 444 g/mol. The molecule has 0 aliphatic carbocycles. The van der Waals surface area contributed by atoms with Crippen molar-refractivity contribution in [3.05, 3.63) is 56.6 Å². The van der Waals surface area contributed by atoms with Crippen LogP contribution in [0.4, 0.5) is 34.1 Å². The molecule has 2 fully saturated rings. The van der Waals surface area contributed by atoms with Gasteiger partial charge in [-0.2, -0.15) is 0 Å². The molecule has 4 rings (SSSR count). The minimum Gasteiger partial charge on any atom is -0.393 e. The van der Waals surface area contributed by atoms with E-state index in [2.05, 4.69) is 15.1 Å². The van der Waals surface area contributed by atoms with Crippen molar-refractivity contribution in [2.24, 2.45) is 0 Å². The molecular formula is C21H29N7O4. The van der Waals surface area contributed by atoms with E-state index < -0.39 is 9.85 Å². The molecule has 0 unspecified atom stereocenters. The van der Waals surface area contributed by atoms with Gasteiger partial charge in [0.25, 0.3) is 11.4 Å². The number of nitrogens with two attached hydrogens (primary N) is 2. The largest absolute Gasteiger partial charge is 0.393 e. The van der Waals surface area contributed by atoms with Crippen molar-refractivity contribution in [3.8, 4) is 0 Å². The molecule has 5 N–H and O–H groups in total. The van der Waals surface area contributed by atoms with Gasteiger partial charge in [0.2, 0.25) is 0 Å². The summed E-state index contributed by atoms with van der Waals surface area (Å²) in [6, 6.07) is 9.85. The minimum absolute atomic E-state index is 0.0132. The van der Waals surface area contributed by atoms with E-state index in [1.54, 1.807) is 24.3 Å². The van der Waals surface area contributed by atoms with E-state index in [1.165, 1.54) is 31.4 Å². The maximum atomic E-state index is 10.6. The van der Waals surface area contributed by atoms with Crippen LogP contribution in [0.15, 0.2) is 36.4 Å². The number of nitrogens with one attached hydrogen (secondary N) is 1. The third-order valence-electron chi connectivity index (χ3n) is 5.62. The number of nitrogen functional groups attached to an aromatic ring is 2. The molecule has 11 nitrogen and oxygen atoms in total. The zero-order chi connectivity index (χ0) is 23.1. The van der Waals surface area contributed by atoms with E-state index in [9.17, 15) is 20.2 Å². The molecule has 0 radical (unpaired) electrons. The SMILES string of the molecule is Nc1cc(N2CCCCC2)ccc1[N+](=O)[O-].Nc1cc(N2CCNCC2)ccc1[N+](=O)[O-]. The number of hydrogen-bond acceptors (Lipinski definition) is 9. The number of benzene rings is 2. The summed E-state index contributed by atoms with van der Waals surface area (Å²) in [5, 5.41) is 24.5. The first-order chi connectivity index (χ1) is 15.4. The fourth-order valence-corrected chi connectivity index (χ4v) is 3.88. The summed E-state index contributed by atoms with van der Waals surface area (Å²) >= 11 is 0. The van der Waals surface area contributed by atoms with Gasteiger partial charge in [-0.25, -0.2) is 0 Å². The Bertz CT molecular complexity index is 880. The Morgan fingerprint density at radius 1 is 0.719 bits per heavy atom. The van der Waals surface area contributed by atoms with E-state index in [0.29, 0.717) is 0 Å². The number of nitro groups is 2. The lowest BCUT2D eigenvalue weighted by Crippen LogP contribution is -2.43. The summed E-state index contributed by atoms with van der Waals surface area (Å²) in [6.07, 6.45) is 3.62. The summed E-state index contributed by atoms with van der Waals surface area (Å²) in [5.74, 6) is 0. The molecule has 0 saturated carbocycles. The second-order valence-corrected chi connectivity index (χ2v) is 7.79. The summed E-state index contributed by atoms with van der Waals surface area (Å²) in [5.41, 5.74) is 13.7. The normalized spacial score (nSPS) is 16.1. The number of nitrogens with zero attached hydrogens (tertiary/aromatic N) is 4. The van der Waals surface area contributed by atoms with E-state index in [0.717, 1.165) is 50.6 Å². The van der Waals surface area contributed by atoms with Crippen LogP contribution in [-0.4, -0.2) is 49.1 Å². The summed E-state index contributed by atoms with van der Waals surface area (Å²) in [6.45, 7) is 5.68. The number of hydrogen-bond donors (Lipinski definition) is 3. The predicted octanol–water partition coefficient (Wildman–Crippen LogP) is 2.75. The molecule has 32 heavy (non-hydrogen) atoms. The van der Waals surface area contributed by atoms with Gasteiger partial charge in [0.05, 0.1) is 9.85 Å². The number of nitro benzene ring substituents is 2. The van der Waals surface area contributed by atoms with E-state index in [1.807, 2.05) is 0 Å². The highest BCUT2D eigenvalue weighted by Gasteiger charge is 2.17. The van der Waals surface area contributed by atoms with Gasteiger partial charge in [-0.1, -0.05) is 0 Å². The lowest BCUT2D eigenvalue weighted by atomic mass is 10.1. The Morgan fingerprint density at radius 2 is 1.16 bits per heavy atom. The lowest BCUT2D eigenvalue weighted by molar-refractivity contribution is -0.384. The summed E-state index contributed by atoms with van der Waals surface area (Å²) in [7, 11) is 0. The molecule has 0 amide bonds. The summed E-state index contributed by atoms with van der Waals surface area (Å²) < 4.78 is 0. The first-order valence-corrected chi connectivity index (χ1v) is 10.7. The molecule has 172 valence electrons. The highest BCUT2D eigenvalue weighted by Crippen LogP contribution is 2.29. The highest BCUT2D eigenvalue weighted by molar-refractivity contribution is 5.67. The predicted molar refractivity (Wildman–Crippen MR) is 126 cm³/mol. The molecule has 2 aliphatic heterocycles. The molecule has 0 atom stereocenters. The molecular weight excluding hydrogens is 414 g/mol. The highest BCUT2D eigenvalue weighted by atomic mass is 16.6. The molecule has 0 spiro atoms. The van der Waals surface area contributed by atoms with Crippen LogP contribution in [0, 0.1) is 20.2 Å².